The number of methoxy groups -OCH3 is 2. The zero-order valence-corrected chi connectivity index (χ0v) is 37.7. The van der Waals surface area contributed by atoms with E-state index < -0.39 is 23.3 Å². The summed E-state index contributed by atoms with van der Waals surface area (Å²) in [6.07, 6.45) is 6.68. The predicted octanol–water partition coefficient (Wildman–Crippen LogP) is 5.51. The fourth-order valence-corrected chi connectivity index (χ4v) is 8.62. The Morgan fingerprint density at radius 1 is 0.758 bits per heavy atom. The molecule has 3 aromatic heterocycles. The van der Waals surface area contributed by atoms with Crippen LogP contribution in [0.25, 0.3) is 38.8 Å². The standard InChI is InChI=1S/C48H60N8O6/c1-12-30-27(2)36-24-41-34-16-13-33(46(59)61-10)45(47(60)62-11)48(34,5)42(54-41)26-37-29(4)32(15-18-44(58)50-20-22-56(8)9)40(53-37)25-39-31(14-17-43(57)49-19-21-55(6)7)28(3)35(52-39)23-38(30)51-36/h12-13,16,23-26,45,52-53H,1,14-15,17-22H2,2-11H3,(H,49,57)(H,50,58)/t45?,48-/m1/s1. The predicted molar refractivity (Wildman–Crippen MR) is 244 cm³/mol. The number of carbonyl (C=O) groups is 4. The Morgan fingerprint density at radius 2 is 1.32 bits per heavy atom. The minimum atomic E-state index is -1.17. The monoisotopic (exact) mass is 844 g/mol. The third-order valence-electron chi connectivity index (χ3n) is 12.3. The number of esters is 2. The van der Waals surface area contributed by atoms with Crippen LogP contribution in [0, 0.1) is 19.8 Å². The molecule has 3 aromatic rings. The van der Waals surface area contributed by atoms with E-state index in [1.165, 1.54) is 14.2 Å². The summed E-state index contributed by atoms with van der Waals surface area (Å²) in [6.45, 7) is 14.6. The lowest BCUT2D eigenvalue weighted by Crippen LogP contribution is -2.42. The van der Waals surface area contributed by atoms with Crippen LogP contribution in [0.15, 0.2) is 54.6 Å². The highest BCUT2D eigenvalue weighted by Gasteiger charge is 2.53. The number of H-pyrrole nitrogens is 2. The number of allylic oxidation sites excluding steroid dienone is 6. The summed E-state index contributed by atoms with van der Waals surface area (Å²) >= 11 is 0. The Hall–Kier alpha value is -6.12. The zero-order chi connectivity index (χ0) is 45.0. The highest BCUT2D eigenvalue weighted by atomic mass is 16.5. The van der Waals surface area contributed by atoms with Crippen molar-refractivity contribution in [2.45, 2.75) is 58.8 Å². The number of hydrogen-bond donors (Lipinski definition) is 4. The summed E-state index contributed by atoms with van der Waals surface area (Å²) < 4.78 is 10.5. The molecule has 1 aliphatic carbocycles. The number of nitrogens with one attached hydrogen (secondary N) is 4. The van der Waals surface area contributed by atoms with Crippen LogP contribution in [0.3, 0.4) is 0 Å². The van der Waals surface area contributed by atoms with E-state index in [2.05, 4.69) is 34.1 Å². The number of amides is 2. The molecular weight excluding hydrogens is 785 g/mol. The van der Waals surface area contributed by atoms with E-state index in [9.17, 15) is 19.2 Å². The first-order valence-electron chi connectivity index (χ1n) is 21.0. The van der Waals surface area contributed by atoms with Crippen molar-refractivity contribution in [2.24, 2.45) is 5.92 Å². The number of hydrogen-bond acceptors (Lipinski definition) is 10. The first-order valence-corrected chi connectivity index (χ1v) is 21.0. The van der Waals surface area contributed by atoms with Crippen LogP contribution in [0.4, 0.5) is 0 Å². The van der Waals surface area contributed by atoms with Crippen molar-refractivity contribution in [1.82, 2.24) is 40.4 Å². The average Bonchev–Trinajstić information content (AvgIpc) is 3.88. The Morgan fingerprint density at radius 3 is 1.84 bits per heavy atom. The van der Waals surface area contributed by atoms with Gasteiger partial charge in [-0.1, -0.05) is 24.8 Å². The molecule has 3 aliphatic rings. The molecule has 62 heavy (non-hydrogen) atoms. The molecule has 0 saturated heterocycles. The number of ether oxygens (including phenoxy) is 2. The highest BCUT2D eigenvalue weighted by molar-refractivity contribution is 6.02. The molecule has 0 saturated carbocycles. The molecular formula is C48H60N8O6. The summed E-state index contributed by atoms with van der Waals surface area (Å²) in [6, 6.07) is 7.90. The molecule has 5 heterocycles. The van der Waals surface area contributed by atoms with E-state index in [1.807, 2.05) is 89.1 Å². The summed E-state index contributed by atoms with van der Waals surface area (Å²) in [5.41, 5.74) is 10.9. The molecule has 0 spiro atoms. The van der Waals surface area contributed by atoms with E-state index >= 15 is 0 Å². The summed E-state index contributed by atoms with van der Waals surface area (Å²) in [5, 5.41) is 6.08. The van der Waals surface area contributed by atoms with Crippen LogP contribution in [-0.4, -0.2) is 122 Å². The number of likely N-dealkylation sites (N-methyl/N-ethyl adjacent to an activating group) is 2. The molecule has 0 fully saturated rings. The average molecular weight is 845 g/mol. The van der Waals surface area contributed by atoms with Crippen molar-refractivity contribution in [2.75, 3.05) is 68.6 Å². The fraction of sp³-hybridized carbons (Fsp3) is 0.417. The van der Waals surface area contributed by atoms with Gasteiger partial charge in [-0.05, 0) is 126 Å². The maximum absolute atomic E-state index is 13.9. The molecule has 0 aromatic carbocycles. The summed E-state index contributed by atoms with van der Waals surface area (Å²) in [7, 11) is 10.5. The molecule has 2 amide bonds. The van der Waals surface area contributed by atoms with Crippen LogP contribution < -0.4 is 10.6 Å². The van der Waals surface area contributed by atoms with Crippen LogP contribution in [0.1, 0.15) is 71.7 Å². The van der Waals surface area contributed by atoms with Crippen molar-refractivity contribution in [3.63, 3.8) is 0 Å². The number of aryl methyl sites for hydroxylation is 4. The second kappa shape index (κ2) is 18.9. The first-order chi connectivity index (χ1) is 29.5. The van der Waals surface area contributed by atoms with Crippen molar-refractivity contribution < 1.29 is 28.7 Å². The Bertz CT molecular complexity index is 2570. The number of carbonyl (C=O) groups excluding carboxylic acids is 4. The van der Waals surface area contributed by atoms with Crippen molar-refractivity contribution in [1.29, 1.82) is 0 Å². The van der Waals surface area contributed by atoms with Gasteiger partial charge in [0.25, 0.3) is 0 Å². The van der Waals surface area contributed by atoms with Crippen molar-refractivity contribution >= 4 is 62.5 Å². The Labute approximate surface area is 363 Å². The van der Waals surface area contributed by atoms with E-state index in [-0.39, 0.29) is 30.2 Å². The molecule has 8 bridgehead atoms. The molecule has 1 unspecified atom stereocenters. The van der Waals surface area contributed by atoms with Gasteiger partial charge in [0.1, 0.15) is 5.92 Å². The maximum Gasteiger partial charge on any atom is 0.334 e. The highest BCUT2D eigenvalue weighted by Crippen LogP contribution is 2.52. The van der Waals surface area contributed by atoms with E-state index in [1.54, 1.807) is 12.2 Å². The lowest BCUT2D eigenvalue weighted by molar-refractivity contribution is -0.149. The lowest BCUT2D eigenvalue weighted by atomic mass is 9.64. The number of fused-ring (bicyclic) bond motifs is 11. The normalized spacial score (nSPS) is 17.1. The van der Waals surface area contributed by atoms with Gasteiger partial charge < -0.3 is 39.9 Å². The largest absolute Gasteiger partial charge is 0.469 e. The number of nitrogens with zero attached hydrogens (tertiary/aromatic N) is 4. The van der Waals surface area contributed by atoms with Crippen molar-refractivity contribution in [3.05, 3.63) is 99.7 Å². The van der Waals surface area contributed by atoms with Gasteiger partial charge in [-0.3, -0.25) is 19.4 Å². The summed E-state index contributed by atoms with van der Waals surface area (Å²) in [5.74, 6) is -2.43. The van der Waals surface area contributed by atoms with Gasteiger partial charge in [0.15, 0.2) is 0 Å². The fourth-order valence-electron chi connectivity index (χ4n) is 8.62. The Balaban J connectivity index is 1.65. The van der Waals surface area contributed by atoms with Crippen LogP contribution in [0.5, 0.6) is 0 Å². The van der Waals surface area contributed by atoms with Gasteiger partial charge >= 0.3 is 11.9 Å². The van der Waals surface area contributed by atoms with Gasteiger partial charge in [-0.2, -0.15) is 0 Å². The Kier molecular flexibility index (Phi) is 13.8. The zero-order valence-electron chi connectivity index (χ0n) is 37.7. The second-order valence-electron chi connectivity index (χ2n) is 16.9. The molecule has 0 radical (unpaired) electrons. The summed E-state index contributed by atoms with van der Waals surface area (Å²) in [4.78, 5) is 75.2. The quantitative estimate of drug-likeness (QED) is 0.143. The van der Waals surface area contributed by atoms with Crippen LogP contribution in [-0.2, 0) is 46.9 Å². The lowest BCUT2D eigenvalue weighted by Gasteiger charge is -2.36. The molecule has 2 atom stereocenters. The topological polar surface area (TPSA) is 175 Å². The molecule has 14 nitrogen and oxygen atoms in total. The maximum atomic E-state index is 13.9. The van der Waals surface area contributed by atoms with Gasteiger partial charge in [0.05, 0.1) is 48.0 Å². The van der Waals surface area contributed by atoms with E-state index in [0.717, 1.165) is 74.1 Å². The van der Waals surface area contributed by atoms with E-state index in [0.29, 0.717) is 48.7 Å². The third-order valence-corrected chi connectivity index (χ3v) is 12.3. The minimum Gasteiger partial charge on any atom is -0.469 e. The molecule has 4 N–H and O–H groups in total. The van der Waals surface area contributed by atoms with Gasteiger partial charge in [-0.15, -0.1) is 0 Å². The second-order valence-corrected chi connectivity index (χ2v) is 16.9. The molecule has 6 rings (SSSR count). The van der Waals surface area contributed by atoms with Crippen LogP contribution >= 0.6 is 0 Å². The third kappa shape index (κ3) is 9.07. The van der Waals surface area contributed by atoms with E-state index in [4.69, 9.17) is 19.4 Å². The molecule has 328 valence electrons. The SMILES string of the molecule is C=CC1=C(C)c2cc3nc(cc4[nH]c(cc5[nH]c(cc1n2)c(C)c5CCC(=O)NCCN(C)C)c(CCC(=O)NCCN(C)C)c4C)[C@@]1(C)C3=CC=C(C(=O)OC)C1C(=O)OC. The smallest absolute Gasteiger partial charge is 0.334 e. The molecule has 14 heteroatoms. The van der Waals surface area contributed by atoms with Gasteiger partial charge in [0, 0.05) is 66.7 Å². The van der Waals surface area contributed by atoms with Gasteiger partial charge in [-0.25, -0.2) is 9.78 Å². The van der Waals surface area contributed by atoms with Crippen LogP contribution in [0.2, 0.25) is 0 Å². The van der Waals surface area contributed by atoms with Crippen molar-refractivity contribution in [3.8, 4) is 0 Å². The van der Waals surface area contributed by atoms with Gasteiger partial charge in [0.2, 0.25) is 11.8 Å². The number of aromatic amines is 2. The molecule has 2 aliphatic heterocycles. The minimum absolute atomic E-state index is 0.0354. The number of rotatable bonds is 15. The number of aromatic nitrogens is 4. The first kappa shape index (κ1) is 45.4.